The summed E-state index contributed by atoms with van der Waals surface area (Å²) in [6, 6.07) is 38.3. The molecule has 4 aliphatic rings. The van der Waals surface area contributed by atoms with E-state index in [1.165, 1.54) is 192 Å². The van der Waals surface area contributed by atoms with E-state index < -0.39 is 53.1 Å². The minimum atomic E-state index is -1.95. The van der Waals surface area contributed by atoms with Crippen molar-refractivity contribution in [2.24, 2.45) is 34.1 Å². The normalized spacial score (nSPS) is 15.9. The van der Waals surface area contributed by atoms with Crippen LogP contribution >= 0.6 is 0 Å². The van der Waals surface area contributed by atoms with Gasteiger partial charge in [0.05, 0.1) is 0 Å². The summed E-state index contributed by atoms with van der Waals surface area (Å²) in [5.41, 5.74) is 29.2. The summed E-state index contributed by atoms with van der Waals surface area (Å²) < 4.78 is 16.4. The molecule has 0 saturated heterocycles. The van der Waals surface area contributed by atoms with Crippen molar-refractivity contribution in [3.8, 4) is 45.0 Å². The topological polar surface area (TPSA) is 15.5 Å². The molecule has 4 fully saturated rings. The molecule has 4 nitrogen and oxygen atoms in total. The molecular weight excluding hydrogens is 1500 g/mol. The Morgan fingerprint density at radius 2 is 0.625 bits per heavy atom. The minimum absolute atomic E-state index is 0.198. The quantitative estimate of drug-likeness (QED) is 0.0718. The van der Waals surface area contributed by atoms with Crippen molar-refractivity contribution in [2.75, 3.05) is 0 Å². The van der Waals surface area contributed by atoms with E-state index in [0.29, 0.717) is 11.8 Å². The van der Waals surface area contributed by atoms with Crippen LogP contribution in [0.3, 0.4) is 0 Å². The van der Waals surface area contributed by atoms with Crippen molar-refractivity contribution >= 4 is 70.6 Å². The molecule has 104 heavy (non-hydrogen) atoms. The summed E-state index contributed by atoms with van der Waals surface area (Å²) in [7, 11) is 8.95. The van der Waals surface area contributed by atoms with Crippen molar-refractivity contribution in [3.05, 3.63) is 189 Å². The van der Waals surface area contributed by atoms with E-state index in [1.807, 2.05) is 0 Å². The second-order valence-corrected chi connectivity index (χ2v) is 81.3. The number of benzene rings is 4. The summed E-state index contributed by atoms with van der Waals surface area (Å²) in [5, 5.41) is 0. The summed E-state index contributed by atoms with van der Waals surface area (Å²) in [6.45, 7) is 27.3. The van der Waals surface area contributed by atoms with E-state index in [-0.39, 0.29) is 5.41 Å². The maximum absolute atomic E-state index is 2.57. The van der Waals surface area contributed by atoms with Crippen LogP contribution in [-0.2, 0) is 40.0 Å². The Morgan fingerprint density at radius 1 is 0.346 bits per heavy atom. The molecule has 4 heterocycles. The Balaban J connectivity index is 0.000000161. The number of aromatic nitrogens is 4. The van der Waals surface area contributed by atoms with Crippen LogP contribution in [0, 0.1) is 40.5 Å². The molecule has 4 aromatic heterocycles. The third kappa shape index (κ3) is 20.8. The molecule has 0 radical (unpaired) electrons. The van der Waals surface area contributed by atoms with Gasteiger partial charge in [-0.25, -0.2) is 0 Å². The van der Waals surface area contributed by atoms with Crippen molar-refractivity contribution in [3.63, 3.8) is 0 Å². The molecule has 8 aromatic rings. The fraction of sp³-hybridized carbons (Fsp3) is 0.542. The summed E-state index contributed by atoms with van der Waals surface area (Å²) >= 11 is -7.76. The zero-order valence-corrected chi connectivity index (χ0v) is 79.7. The zero-order valence-electron chi connectivity index (χ0n) is 71.3. The van der Waals surface area contributed by atoms with E-state index in [0.717, 1.165) is 30.1 Å². The van der Waals surface area contributed by atoms with E-state index >= 15 is 0 Å². The fourth-order valence-corrected chi connectivity index (χ4v) is 32.4. The molecule has 0 N–H and O–H groups in total. The second kappa shape index (κ2) is 34.7. The van der Waals surface area contributed by atoms with Gasteiger partial charge >= 0.3 is 653 Å². The predicted molar refractivity (Wildman–Crippen MR) is 464 cm³/mol. The van der Waals surface area contributed by atoms with Gasteiger partial charge in [0.25, 0.3) is 0 Å². The van der Waals surface area contributed by atoms with E-state index in [9.17, 15) is 0 Å². The van der Waals surface area contributed by atoms with Crippen LogP contribution in [0.5, 0.6) is 0 Å². The van der Waals surface area contributed by atoms with Gasteiger partial charge in [-0.05, 0) is 0 Å². The molecule has 560 valence electrons. The predicted octanol–water partition coefficient (Wildman–Crippen LogP) is 22.7. The van der Waals surface area contributed by atoms with Gasteiger partial charge < -0.3 is 0 Å². The second-order valence-electron chi connectivity index (χ2n) is 39.1. The Bertz CT molecular complexity index is 4280. The number of pyridine rings is 4. The van der Waals surface area contributed by atoms with Crippen LogP contribution in [0.2, 0.25) is 69.1 Å². The molecule has 0 amide bonds. The first kappa shape index (κ1) is 83.7. The van der Waals surface area contributed by atoms with Gasteiger partial charge in [0.1, 0.15) is 0 Å². The molecule has 12 rings (SSSR count). The molecule has 4 aliphatic carbocycles. The van der Waals surface area contributed by atoms with Crippen molar-refractivity contribution in [1.29, 1.82) is 0 Å². The van der Waals surface area contributed by atoms with Crippen LogP contribution in [0.4, 0.5) is 0 Å². The molecule has 0 atom stereocenters. The summed E-state index contributed by atoms with van der Waals surface area (Å²) in [5.74, 6) is 35.0. The van der Waals surface area contributed by atoms with Gasteiger partial charge in [-0.2, -0.15) is 0 Å². The van der Waals surface area contributed by atoms with Gasteiger partial charge in [-0.15, -0.1) is 0 Å². The molecule has 0 aliphatic heterocycles. The number of rotatable bonds is 15. The Labute approximate surface area is 647 Å². The molecular formula is C96H144Ge4N4+4. The fourth-order valence-electron chi connectivity index (χ4n) is 18.1. The van der Waals surface area contributed by atoms with Gasteiger partial charge in [-0.1, -0.05) is 0 Å². The third-order valence-electron chi connectivity index (χ3n) is 24.1. The van der Waals surface area contributed by atoms with Crippen LogP contribution in [0.25, 0.3) is 45.0 Å². The Morgan fingerprint density at radius 3 is 0.885 bits per heavy atom. The Kier molecular flexibility index (Phi) is 27.9. The first-order chi connectivity index (χ1) is 48.6. The molecule has 8 heteroatoms. The van der Waals surface area contributed by atoms with Gasteiger partial charge in [0.2, 0.25) is 0 Å². The molecule has 4 aromatic carbocycles. The Hall–Kier alpha value is -4.35. The van der Waals surface area contributed by atoms with Crippen LogP contribution < -0.4 is 35.9 Å². The van der Waals surface area contributed by atoms with Gasteiger partial charge in [-0.3, -0.25) is 0 Å². The molecule has 0 bridgehead atoms. The summed E-state index contributed by atoms with van der Waals surface area (Å²) in [6.07, 6.45) is 33.4. The standard InChI is InChI=1S/2C25H38GeN.C24H36GeN.C22H32GeN/c1-18-15-20(25(2,3)4)13-14-21(18)24-16-23(26(5,6)7)22(17-27(24)8)19-11-9-10-12-19;1-18(2)14-20-12-13-22(19(3)15-20)25-16-24(26(4,5)6)23(17-27(25)7)21-10-8-9-11-21;1-17(2)20-12-13-21(18(3)14-20)24-15-23(25(4,5)6)22(16-26(24)7)19-10-8-9-11-19;1-16-11-12-19(17(2)13-16)22-14-21(23(3,4)5)20(15-24(22)6)18-9-7-8-10-18/h13-17,19H,9-12H2,1-8H3;12-13,15-18,21H,8-11,14H2,1-7H3;12-17,19H,8-11H2,1-7H3;11-15,18H,7-10H2,1-6H3/q4*+1. The first-order valence-electron chi connectivity index (χ1n) is 41.2. The van der Waals surface area contributed by atoms with Gasteiger partial charge in [0.15, 0.2) is 0 Å². The average molecular weight is 1640 g/mol. The number of hydrogen-bond donors (Lipinski definition) is 0. The summed E-state index contributed by atoms with van der Waals surface area (Å²) in [4.78, 5) is 0. The zero-order chi connectivity index (χ0) is 76.3. The molecule has 0 spiro atoms. The first-order valence-corrected chi connectivity index (χ1v) is 70.5. The maximum atomic E-state index is 2.57. The van der Waals surface area contributed by atoms with Crippen LogP contribution in [0.1, 0.15) is 248 Å². The van der Waals surface area contributed by atoms with E-state index in [1.54, 1.807) is 39.8 Å². The van der Waals surface area contributed by atoms with Crippen LogP contribution in [0.15, 0.2) is 122 Å². The van der Waals surface area contributed by atoms with Crippen molar-refractivity contribution < 1.29 is 18.3 Å². The third-order valence-corrected chi connectivity index (χ3v) is 41.3. The van der Waals surface area contributed by atoms with Crippen molar-refractivity contribution in [1.82, 2.24) is 0 Å². The van der Waals surface area contributed by atoms with Crippen molar-refractivity contribution in [2.45, 2.75) is 296 Å². The SMILES string of the molecule is Cc1cc(C(C)(C)C)ccc1-c1c[c]([Ge]([CH3])([CH3])[CH3])c(C2CCCC2)c[n+]1C.Cc1cc(C(C)C)ccc1-c1c[c]([Ge]([CH3])([CH3])[CH3])c(C2CCCC2)c[n+]1C.Cc1cc(CC(C)C)ccc1-c1c[c]([Ge]([CH3])([CH3])[CH3])c(C2CCCC2)c[n+]1C.Cc1ccc(-c2c[c]([Ge]([CH3])([CH3])[CH3])c(C3CCCC3)c[n+]2C)c(C)c1. The number of aryl methyl sites for hydroxylation is 9. The van der Waals surface area contributed by atoms with E-state index in [4.69, 9.17) is 0 Å². The molecule has 4 saturated carbocycles. The number of hydrogen-bond acceptors (Lipinski definition) is 0. The van der Waals surface area contributed by atoms with Gasteiger partial charge in [0, 0.05) is 0 Å². The average Bonchev–Trinajstić information content (AvgIpc) is 1.04. The van der Waals surface area contributed by atoms with Crippen LogP contribution in [-0.4, -0.2) is 53.1 Å². The monoisotopic (exact) mass is 1650 g/mol. The number of nitrogens with zero attached hydrogens (tertiary/aromatic N) is 4. The molecule has 0 unspecified atom stereocenters. The van der Waals surface area contributed by atoms with E-state index in [2.05, 4.69) is 320 Å².